The second kappa shape index (κ2) is 6.65. The van der Waals surface area contributed by atoms with Crippen LogP contribution in [0.2, 0.25) is 4.34 Å². The van der Waals surface area contributed by atoms with Gasteiger partial charge in [0.15, 0.2) is 11.4 Å². The van der Waals surface area contributed by atoms with Crippen LogP contribution >= 0.6 is 22.9 Å². The molecule has 1 aromatic carbocycles. The zero-order chi connectivity index (χ0) is 16.2. The molecule has 0 saturated carbocycles. The molecule has 0 aliphatic carbocycles. The fourth-order valence-electron chi connectivity index (χ4n) is 1.93. The van der Waals surface area contributed by atoms with Gasteiger partial charge in [-0.2, -0.15) is 0 Å². The number of nitrogens with zero attached hydrogens (tertiary/aromatic N) is 2. The molecule has 0 aliphatic heterocycles. The fraction of sp³-hybridized carbons (Fsp3) is 0.0625. The number of hydrogen-bond acceptors (Lipinski definition) is 4. The summed E-state index contributed by atoms with van der Waals surface area (Å²) in [6, 6.07) is 12.2. The summed E-state index contributed by atoms with van der Waals surface area (Å²) in [7, 11) is 0. The van der Waals surface area contributed by atoms with Gasteiger partial charge in [-0.1, -0.05) is 41.0 Å². The molecule has 3 rings (SSSR count). The van der Waals surface area contributed by atoms with Crippen molar-refractivity contribution >= 4 is 34.5 Å². The lowest BCUT2D eigenvalue weighted by Gasteiger charge is -1.99. The number of aromatic nitrogens is 1. The van der Waals surface area contributed by atoms with E-state index in [4.69, 9.17) is 22.7 Å². The molecule has 0 unspecified atom stereocenters. The van der Waals surface area contributed by atoms with E-state index in [2.05, 4.69) is 15.3 Å². The first-order valence-electron chi connectivity index (χ1n) is 6.63. The largest absolute Gasteiger partial charge is 0.359 e. The van der Waals surface area contributed by atoms with Crippen molar-refractivity contribution in [1.82, 2.24) is 10.5 Å². The van der Waals surface area contributed by atoms with Crippen molar-refractivity contribution in [2.75, 3.05) is 0 Å². The van der Waals surface area contributed by atoms with Gasteiger partial charge in [-0.05, 0) is 12.1 Å². The molecule has 0 saturated heterocycles. The number of rotatable bonds is 4. The number of benzene rings is 1. The maximum absolute atomic E-state index is 11.9. The Bertz CT molecular complexity index is 877. The van der Waals surface area contributed by atoms with Gasteiger partial charge in [0.1, 0.15) is 5.69 Å². The van der Waals surface area contributed by atoms with Crippen molar-refractivity contribution in [2.45, 2.75) is 6.54 Å². The normalized spacial score (nSPS) is 10.3. The van der Waals surface area contributed by atoms with Crippen molar-refractivity contribution < 1.29 is 9.32 Å². The fourth-order valence-corrected chi connectivity index (χ4v) is 2.89. The van der Waals surface area contributed by atoms with Crippen LogP contribution in [0.5, 0.6) is 0 Å². The Hall–Kier alpha value is -2.62. The number of carbonyl (C=O) groups is 1. The monoisotopic (exact) mass is 343 g/mol. The summed E-state index contributed by atoms with van der Waals surface area (Å²) in [5.74, 6) is 0.339. The Labute approximate surface area is 141 Å². The van der Waals surface area contributed by atoms with Gasteiger partial charge in [-0.15, -0.1) is 11.3 Å². The van der Waals surface area contributed by atoms with Crippen LogP contribution in [0.25, 0.3) is 16.1 Å². The lowest BCUT2D eigenvalue weighted by Crippen LogP contribution is -2.21. The molecule has 23 heavy (non-hydrogen) atoms. The third-order valence-electron chi connectivity index (χ3n) is 3.07. The van der Waals surface area contributed by atoms with Gasteiger partial charge in [0.25, 0.3) is 5.91 Å². The van der Waals surface area contributed by atoms with E-state index in [1.165, 1.54) is 11.3 Å². The molecular weight excluding hydrogens is 334 g/mol. The highest BCUT2D eigenvalue weighted by atomic mass is 35.5. The molecule has 3 aromatic rings. The molecule has 0 fully saturated rings. The van der Waals surface area contributed by atoms with E-state index >= 15 is 0 Å². The first-order chi connectivity index (χ1) is 11.2. The summed E-state index contributed by atoms with van der Waals surface area (Å²) >= 11 is 7.03. The topological polar surface area (TPSA) is 59.5 Å². The lowest BCUT2D eigenvalue weighted by molar-refractivity contribution is 0.0951. The molecule has 1 N–H and O–H groups in total. The number of carbonyl (C=O) groups excluding carboxylic acids is 1. The minimum atomic E-state index is -0.207. The Kier molecular flexibility index (Phi) is 4.42. The minimum absolute atomic E-state index is 0.207. The number of halogens is 1. The summed E-state index contributed by atoms with van der Waals surface area (Å²) in [6.07, 6.45) is 0. The van der Waals surface area contributed by atoms with Crippen LogP contribution in [0.15, 0.2) is 47.0 Å². The summed E-state index contributed by atoms with van der Waals surface area (Å²) < 4.78 is 5.79. The highest BCUT2D eigenvalue weighted by Gasteiger charge is 2.11. The maximum Gasteiger partial charge on any atom is 0.261 e. The first kappa shape index (κ1) is 15.3. The van der Waals surface area contributed by atoms with E-state index in [1.54, 1.807) is 42.5 Å². The maximum atomic E-state index is 11.9. The van der Waals surface area contributed by atoms with Crippen molar-refractivity contribution in [1.29, 1.82) is 0 Å². The molecule has 0 aliphatic rings. The smallest absolute Gasteiger partial charge is 0.261 e. The van der Waals surface area contributed by atoms with Gasteiger partial charge in [-0.3, -0.25) is 4.79 Å². The third kappa shape index (κ3) is 3.59. The molecule has 2 heterocycles. The summed E-state index contributed by atoms with van der Waals surface area (Å²) in [5, 5.41) is 6.73. The van der Waals surface area contributed by atoms with Gasteiger partial charge in [0.05, 0.1) is 22.3 Å². The molecular formula is C16H10ClN3O2S. The van der Waals surface area contributed by atoms with Gasteiger partial charge >= 0.3 is 0 Å². The standard InChI is InChI=1S/C16H10ClN3O2S/c1-18-11-4-2-10(3-5-11)13-8-12(22-20-13)9-19-16(21)14-6-7-15(17)23-14/h2-8H,9H2,(H,19,21). The molecule has 2 aromatic heterocycles. The van der Waals surface area contributed by atoms with Gasteiger partial charge in [-0.25, -0.2) is 4.85 Å². The highest BCUT2D eigenvalue weighted by molar-refractivity contribution is 7.17. The van der Waals surface area contributed by atoms with Crippen molar-refractivity contribution in [3.8, 4) is 11.3 Å². The zero-order valence-electron chi connectivity index (χ0n) is 11.7. The molecule has 0 spiro atoms. The third-order valence-corrected chi connectivity index (χ3v) is 4.30. The number of hydrogen-bond donors (Lipinski definition) is 1. The Balaban J connectivity index is 1.65. The van der Waals surface area contributed by atoms with E-state index < -0.39 is 0 Å². The van der Waals surface area contributed by atoms with Gasteiger partial charge < -0.3 is 9.84 Å². The average molecular weight is 344 g/mol. The first-order valence-corrected chi connectivity index (χ1v) is 7.82. The quantitative estimate of drug-likeness (QED) is 0.707. The summed E-state index contributed by atoms with van der Waals surface area (Å²) in [5.41, 5.74) is 2.08. The summed E-state index contributed by atoms with van der Waals surface area (Å²) in [4.78, 5) is 15.8. The molecule has 0 atom stereocenters. The number of thiophene rings is 1. The lowest BCUT2D eigenvalue weighted by atomic mass is 10.1. The van der Waals surface area contributed by atoms with E-state index in [9.17, 15) is 4.79 Å². The zero-order valence-corrected chi connectivity index (χ0v) is 13.3. The van der Waals surface area contributed by atoms with Crippen LogP contribution in [0, 0.1) is 6.57 Å². The van der Waals surface area contributed by atoms with E-state index in [1.807, 2.05) is 0 Å². The van der Waals surface area contributed by atoms with Crippen LogP contribution in [0.4, 0.5) is 5.69 Å². The Morgan fingerprint density at radius 1 is 1.30 bits per heavy atom. The molecule has 0 radical (unpaired) electrons. The number of nitrogens with one attached hydrogen (secondary N) is 1. The van der Waals surface area contributed by atoms with Crippen LogP contribution in [0.1, 0.15) is 15.4 Å². The van der Waals surface area contributed by atoms with Crippen LogP contribution < -0.4 is 5.32 Å². The van der Waals surface area contributed by atoms with E-state index in [0.29, 0.717) is 26.4 Å². The SMILES string of the molecule is [C-]#[N+]c1ccc(-c2cc(CNC(=O)c3ccc(Cl)s3)on2)cc1. The molecule has 0 bridgehead atoms. The molecule has 114 valence electrons. The summed E-state index contributed by atoms with van der Waals surface area (Å²) in [6.45, 7) is 7.17. The van der Waals surface area contributed by atoms with Crippen molar-refractivity contribution in [3.05, 3.63) is 68.9 Å². The predicted molar refractivity (Wildman–Crippen MR) is 88.7 cm³/mol. The van der Waals surface area contributed by atoms with Gasteiger partial charge in [0.2, 0.25) is 0 Å². The highest BCUT2D eigenvalue weighted by Crippen LogP contribution is 2.23. The Morgan fingerprint density at radius 3 is 2.74 bits per heavy atom. The van der Waals surface area contributed by atoms with Gasteiger partial charge in [0, 0.05) is 11.6 Å². The molecule has 7 heteroatoms. The molecule has 5 nitrogen and oxygen atoms in total. The average Bonchev–Trinajstić information content (AvgIpc) is 3.22. The molecule has 1 amide bonds. The van der Waals surface area contributed by atoms with Crippen LogP contribution in [-0.2, 0) is 6.54 Å². The second-order valence-electron chi connectivity index (χ2n) is 4.62. The van der Waals surface area contributed by atoms with Crippen LogP contribution in [-0.4, -0.2) is 11.1 Å². The predicted octanol–water partition coefficient (Wildman–Crippen LogP) is 4.54. The number of amides is 1. The van der Waals surface area contributed by atoms with E-state index in [0.717, 1.165) is 5.56 Å². The Morgan fingerprint density at radius 2 is 2.09 bits per heavy atom. The van der Waals surface area contributed by atoms with E-state index in [-0.39, 0.29) is 12.5 Å². The minimum Gasteiger partial charge on any atom is -0.359 e. The van der Waals surface area contributed by atoms with Crippen LogP contribution in [0.3, 0.4) is 0 Å². The second-order valence-corrected chi connectivity index (χ2v) is 6.34. The van der Waals surface area contributed by atoms with Crippen molar-refractivity contribution in [3.63, 3.8) is 0 Å². The van der Waals surface area contributed by atoms with Crippen molar-refractivity contribution in [2.24, 2.45) is 0 Å².